The van der Waals surface area contributed by atoms with Gasteiger partial charge in [0.25, 0.3) is 0 Å². The summed E-state index contributed by atoms with van der Waals surface area (Å²) in [4.78, 5) is 10.6. The third-order valence-corrected chi connectivity index (χ3v) is 2.70. The predicted octanol–water partition coefficient (Wildman–Crippen LogP) is 2.76. The molecule has 0 bridgehead atoms. The van der Waals surface area contributed by atoms with E-state index in [1.54, 1.807) is 0 Å². The van der Waals surface area contributed by atoms with E-state index in [2.05, 4.69) is 0 Å². The summed E-state index contributed by atoms with van der Waals surface area (Å²) in [5.74, 6) is -3.00. The molecule has 0 aromatic heterocycles. The molecule has 0 spiro atoms. The van der Waals surface area contributed by atoms with Gasteiger partial charge in [0.15, 0.2) is 11.5 Å². The highest BCUT2D eigenvalue weighted by atomic mass is 35.5. The molecule has 0 amide bonds. The Morgan fingerprint density at radius 3 is 1.79 bits per heavy atom. The van der Waals surface area contributed by atoms with Crippen molar-refractivity contribution in [2.45, 2.75) is 0 Å². The maximum Gasteiger partial charge on any atom is 0.338 e. The van der Waals surface area contributed by atoms with Crippen molar-refractivity contribution < 1.29 is 20.1 Å². The van der Waals surface area contributed by atoms with Gasteiger partial charge < -0.3 is 15.3 Å². The smallest absolute Gasteiger partial charge is 0.338 e. The van der Waals surface area contributed by atoms with Gasteiger partial charge in [0.2, 0.25) is 0 Å². The number of carboxylic acid groups (broad SMARTS) is 1. The highest BCUT2D eigenvalue weighted by Gasteiger charge is 2.24. The van der Waals surface area contributed by atoms with Crippen LogP contribution in [0.3, 0.4) is 0 Å². The molecule has 1 aromatic rings. The molecule has 14 heavy (non-hydrogen) atoms. The summed E-state index contributed by atoms with van der Waals surface area (Å²) in [6, 6.07) is 0. The fourth-order valence-electron chi connectivity index (χ4n) is 0.824. The molecule has 1 rings (SSSR count). The molecule has 1 aromatic carbocycles. The number of halogens is 3. The molecule has 3 N–H and O–H groups in total. The Kier molecular flexibility index (Phi) is 2.99. The number of aromatic carboxylic acids is 1. The topological polar surface area (TPSA) is 77.8 Å². The van der Waals surface area contributed by atoms with Gasteiger partial charge >= 0.3 is 5.97 Å². The lowest BCUT2D eigenvalue weighted by Gasteiger charge is -2.08. The number of carbonyl (C=O) groups is 1. The van der Waals surface area contributed by atoms with Crippen LogP contribution >= 0.6 is 34.8 Å². The van der Waals surface area contributed by atoms with E-state index in [0.29, 0.717) is 0 Å². The van der Waals surface area contributed by atoms with Crippen molar-refractivity contribution in [1.29, 1.82) is 0 Å². The highest BCUT2D eigenvalue weighted by Crippen LogP contribution is 2.46. The van der Waals surface area contributed by atoms with Crippen molar-refractivity contribution in [3.05, 3.63) is 20.6 Å². The zero-order chi connectivity index (χ0) is 11.0. The maximum absolute atomic E-state index is 10.6. The van der Waals surface area contributed by atoms with E-state index in [0.717, 1.165) is 0 Å². The molecule has 0 atom stereocenters. The molecule has 4 nitrogen and oxygen atoms in total. The molecule has 7 heteroatoms. The largest absolute Gasteiger partial charge is 0.503 e. The van der Waals surface area contributed by atoms with E-state index in [9.17, 15) is 4.79 Å². The van der Waals surface area contributed by atoms with E-state index in [4.69, 9.17) is 50.1 Å². The Hall–Kier alpha value is -0.840. The molecule has 0 aliphatic rings. The first kappa shape index (κ1) is 11.2. The lowest BCUT2D eigenvalue weighted by atomic mass is 10.2. The van der Waals surface area contributed by atoms with E-state index in [-0.39, 0.29) is 0 Å². The zero-order valence-electron chi connectivity index (χ0n) is 6.38. The summed E-state index contributed by atoms with van der Waals surface area (Å²) in [6.45, 7) is 0. The lowest BCUT2D eigenvalue weighted by Crippen LogP contribution is -1.99. The average Bonchev–Trinajstić information content (AvgIpc) is 2.11. The summed E-state index contributed by atoms with van der Waals surface area (Å²) >= 11 is 16.4. The van der Waals surface area contributed by atoms with Crippen LogP contribution in [0.15, 0.2) is 0 Å². The molecule has 0 aliphatic heterocycles. The van der Waals surface area contributed by atoms with E-state index in [1.807, 2.05) is 0 Å². The third kappa shape index (κ3) is 1.56. The number of phenolic OH excluding ortho intramolecular Hbond substituents is 2. The SMILES string of the molecule is O=C(O)c1c(Cl)c(O)c(O)c(Cl)c1Cl. The second kappa shape index (κ2) is 3.73. The van der Waals surface area contributed by atoms with Gasteiger partial charge in [0.1, 0.15) is 15.6 Å². The zero-order valence-corrected chi connectivity index (χ0v) is 8.65. The number of hydrogen-bond acceptors (Lipinski definition) is 3. The monoisotopic (exact) mass is 256 g/mol. The minimum Gasteiger partial charge on any atom is -0.503 e. The number of carboxylic acids is 1. The molecule has 0 fully saturated rings. The van der Waals surface area contributed by atoms with Crippen LogP contribution in [0.25, 0.3) is 0 Å². The van der Waals surface area contributed by atoms with Gasteiger partial charge in [0, 0.05) is 0 Å². The summed E-state index contributed by atoms with van der Waals surface area (Å²) in [5, 5.41) is 25.5. The average molecular weight is 257 g/mol. The second-order valence-electron chi connectivity index (χ2n) is 2.32. The van der Waals surface area contributed by atoms with Crippen molar-refractivity contribution in [2.75, 3.05) is 0 Å². The van der Waals surface area contributed by atoms with E-state index in [1.165, 1.54) is 0 Å². The molecule has 0 aliphatic carbocycles. The van der Waals surface area contributed by atoms with Gasteiger partial charge in [-0.2, -0.15) is 0 Å². The Morgan fingerprint density at radius 2 is 1.36 bits per heavy atom. The van der Waals surface area contributed by atoms with Crippen molar-refractivity contribution >= 4 is 40.8 Å². The number of benzene rings is 1. The highest BCUT2D eigenvalue weighted by molar-refractivity contribution is 6.47. The summed E-state index contributed by atoms with van der Waals surface area (Å²) in [5.41, 5.74) is -0.548. The number of rotatable bonds is 1. The van der Waals surface area contributed by atoms with Gasteiger partial charge in [-0.3, -0.25) is 0 Å². The van der Waals surface area contributed by atoms with Crippen LogP contribution < -0.4 is 0 Å². The summed E-state index contributed by atoms with van der Waals surface area (Å²) in [7, 11) is 0. The molecule has 76 valence electrons. The molecular weight excluding hydrogens is 254 g/mol. The Bertz CT molecular complexity index is 387. The minimum atomic E-state index is -1.45. The summed E-state index contributed by atoms with van der Waals surface area (Å²) in [6.07, 6.45) is 0. The van der Waals surface area contributed by atoms with Crippen LogP contribution in [-0.2, 0) is 0 Å². The Morgan fingerprint density at radius 1 is 0.929 bits per heavy atom. The van der Waals surface area contributed by atoms with Crippen LogP contribution in [-0.4, -0.2) is 21.3 Å². The van der Waals surface area contributed by atoms with Crippen molar-refractivity contribution in [1.82, 2.24) is 0 Å². The van der Waals surface area contributed by atoms with Gasteiger partial charge in [0.05, 0.1) is 5.02 Å². The number of aromatic hydroxyl groups is 2. The van der Waals surface area contributed by atoms with E-state index >= 15 is 0 Å². The standard InChI is InChI=1S/C7H3Cl3O4/c8-2-1(7(13)14)3(9)5(11)6(12)4(2)10/h11-12H,(H,13,14). The Balaban J connectivity index is 3.68. The number of hydrogen-bond donors (Lipinski definition) is 3. The van der Waals surface area contributed by atoms with Gasteiger partial charge in [-0.25, -0.2) is 4.79 Å². The fourth-order valence-corrected chi connectivity index (χ4v) is 1.59. The second-order valence-corrected chi connectivity index (χ2v) is 3.45. The molecule has 0 saturated heterocycles. The fraction of sp³-hybridized carbons (Fsp3) is 0. The number of phenols is 2. The van der Waals surface area contributed by atoms with Gasteiger partial charge in [-0.15, -0.1) is 0 Å². The van der Waals surface area contributed by atoms with Crippen LogP contribution in [0.4, 0.5) is 0 Å². The summed E-state index contributed by atoms with van der Waals surface area (Å²) < 4.78 is 0. The minimum absolute atomic E-state index is 0.417. The quantitative estimate of drug-likeness (QED) is 0.534. The van der Waals surface area contributed by atoms with Crippen LogP contribution in [0.5, 0.6) is 11.5 Å². The molecule has 0 radical (unpaired) electrons. The van der Waals surface area contributed by atoms with Gasteiger partial charge in [-0.1, -0.05) is 34.8 Å². The maximum atomic E-state index is 10.6. The molecule has 0 saturated carbocycles. The third-order valence-electron chi connectivity index (χ3n) is 1.49. The Labute approximate surface area is 93.3 Å². The normalized spacial score (nSPS) is 10.2. The van der Waals surface area contributed by atoms with E-state index < -0.39 is 38.1 Å². The first-order valence-electron chi connectivity index (χ1n) is 3.19. The lowest BCUT2D eigenvalue weighted by molar-refractivity contribution is 0.0697. The van der Waals surface area contributed by atoms with Crippen molar-refractivity contribution in [3.63, 3.8) is 0 Å². The molecule has 0 unspecified atom stereocenters. The van der Waals surface area contributed by atoms with Gasteiger partial charge in [-0.05, 0) is 0 Å². The van der Waals surface area contributed by atoms with Crippen LogP contribution in [0, 0.1) is 0 Å². The van der Waals surface area contributed by atoms with Crippen molar-refractivity contribution in [3.8, 4) is 11.5 Å². The molecule has 0 heterocycles. The van der Waals surface area contributed by atoms with Crippen LogP contribution in [0.1, 0.15) is 10.4 Å². The first-order chi connectivity index (χ1) is 6.37. The first-order valence-corrected chi connectivity index (χ1v) is 4.33. The van der Waals surface area contributed by atoms with Crippen molar-refractivity contribution in [2.24, 2.45) is 0 Å². The predicted molar refractivity (Wildman–Crippen MR) is 51.8 cm³/mol. The van der Waals surface area contributed by atoms with Crippen LogP contribution in [0.2, 0.25) is 15.1 Å². The molecular formula is C7H3Cl3O4.